The van der Waals surface area contributed by atoms with E-state index in [0.717, 1.165) is 45.2 Å². The van der Waals surface area contributed by atoms with E-state index in [1.807, 2.05) is 11.8 Å². The Morgan fingerprint density at radius 2 is 1.82 bits per heavy atom. The molecule has 1 N–H and O–H groups in total. The Hall–Kier alpha value is -2.96. The summed E-state index contributed by atoms with van der Waals surface area (Å²) in [5.74, 6) is -0.513. The molecule has 7 nitrogen and oxygen atoms in total. The number of rotatable bonds is 6. The number of aromatic nitrogens is 2. The van der Waals surface area contributed by atoms with Crippen LogP contribution in [0.3, 0.4) is 0 Å². The Kier molecular flexibility index (Phi) is 6.57. The van der Waals surface area contributed by atoms with E-state index in [0.29, 0.717) is 17.8 Å². The van der Waals surface area contributed by atoms with Crippen LogP contribution in [0.5, 0.6) is 0 Å². The molecule has 1 aliphatic heterocycles. The second-order valence-corrected chi connectivity index (χ2v) is 6.99. The van der Waals surface area contributed by atoms with E-state index in [1.165, 1.54) is 16.8 Å². The van der Waals surface area contributed by atoms with Gasteiger partial charge in [0.25, 0.3) is 17.4 Å². The molecule has 0 spiro atoms. The van der Waals surface area contributed by atoms with Gasteiger partial charge in [-0.05, 0) is 43.9 Å². The Morgan fingerprint density at radius 3 is 2.57 bits per heavy atom. The normalized spacial score (nSPS) is 14.0. The maximum Gasteiger partial charge on any atom is 0.276 e. The second-order valence-electron chi connectivity index (χ2n) is 6.99. The minimum absolute atomic E-state index is 0.0727. The number of carbonyl (C=O) groups excluding carboxylic acids is 2. The molecule has 0 unspecified atom stereocenters. The summed E-state index contributed by atoms with van der Waals surface area (Å²) in [6.07, 6.45) is 4.89. The summed E-state index contributed by atoms with van der Waals surface area (Å²) in [5.41, 5.74) is 0.842. The highest BCUT2D eigenvalue weighted by atomic mass is 16.2. The van der Waals surface area contributed by atoms with Crippen molar-refractivity contribution in [3.8, 4) is 0 Å². The molecule has 0 saturated carbocycles. The van der Waals surface area contributed by atoms with Crippen molar-refractivity contribution in [1.82, 2.24) is 14.7 Å². The van der Waals surface area contributed by atoms with Gasteiger partial charge in [-0.1, -0.05) is 25.5 Å². The first-order valence-corrected chi connectivity index (χ1v) is 9.88. The van der Waals surface area contributed by atoms with Crippen LogP contribution in [0.15, 0.2) is 41.2 Å². The number of hydrogen-bond acceptors (Lipinski definition) is 4. The average molecular weight is 382 g/mol. The number of amides is 2. The molecule has 3 rings (SSSR count). The standard InChI is InChI=1S/C21H26N4O3/c1-2-3-15-25-19(26)12-11-18(23-25)20(27)22-17-10-6-5-9-16(17)21(28)24-13-7-4-8-14-24/h5-6,9-12H,2-4,7-8,13-15H2,1H3,(H,22,27). The minimum atomic E-state index is -0.441. The summed E-state index contributed by atoms with van der Waals surface area (Å²) in [6.45, 7) is 3.98. The number of aryl methyl sites for hydroxylation is 1. The van der Waals surface area contributed by atoms with E-state index >= 15 is 0 Å². The first kappa shape index (κ1) is 19.8. The van der Waals surface area contributed by atoms with Gasteiger partial charge in [-0.15, -0.1) is 0 Å². The number of nitrogens with zero attached hydrogens (tertiary/aromatic N) is 3. The summed E-state index contributed by atoms with van der Waals surface area (Å²) in [6, 6.07) is 9.76. The molecule has 0 radical (unpaired) electrons. The predicted molar refractivity (Wildman–Crippen MR) is 108 cm³/mol. The lowest BCUT2D eigenvalue weighted by Crippen LogP contribution is -2.36. The summed E-state index contributed by atoms with van der Waals surface area (Å²) in [4.78, 5) is 39.3. The van der Waals surface area contributed by atoms with Gasteiger partial charge in [0.1, 0.15) is 5.69 Å². The molecule has 0 bridgehead atoms. The minimum Gasteiger partial charge on any atom is -0.339 e. The number of nitrogens with one attached hydrogen (secondary N) is 1. The largest absolute Gasteiger partial charge is 0.339 e. The van der Waals surface area contributed by atoms with Gasteiger partial charge in [0.15, 0.2) is 0 Å². The molecular weight excluding hydrogens is 356 g/mol. The van der Waals surface area contributed by atoms with E-state index < -0.39 is 5.91 Å². The van der Waals surface area contributed by atoms with Crippen LogP contribution in [0.2, 0.25) is 0 Å². The van der Waals surface area contributed by atoms with Crippen LogP contribution < -0.4 is 10.9 Å². The van der Waals surface area contributed by atoms with Crippen LogP contribution in [0.1, 0.15) is 59.9 Å². The first-order chi connectivity index (χ1) is 13.6. The number of benzene rings is 1. The van der Waals surface area contributed by atoms with Gasteiger partial charge in [0, 0.05) is 25.7 Å². The van der Waals surface area contributed by atoms with E-state index in [-0.39, 0.29) is 17.2 Å². The fraction of sp³-hybridized carbons (Fsp3) is 0.429. The van der Waals surface area contributed by atoms with Crippen molar-refractivity contribution in [3.63, 3.8) is 0 Å². The number of unbranched alkanes of at least 4 members (excludes halogenated alkanes) is 1. The quantitative estimate of drug-likeness (QED) is 0.832. The summed E-state index contributed by atoms with van der Waals surface area (Å²) in [7, 11) is 0. The highest BCUT2D eigenvalue weighted by Gasteiger charge is 2.21. The monoisotopic (exact) mass is 382 g/mol. The third kappa shape index (κ3) is 4.65. The van der Waals surface area contributed by atoms with Crippen molar-refractivity contribution in [2.45, 2.75) is 45.6 Å². The zero-order chi connectivity index (χ0) is 19.9. The average Bonchev–Trinajstić information content (AvgIpc) is 2.73. The van der Waals surface area contributed by atoms with Gasteiger partial charge in [-0.2, -0.15) is 5.10 Å². The lowest BCUT2D eigenvalue weighted by atomic mass is 10.1. The van der Waals surface area contributed by atoms with Gasteiger partial charge in [-0.25, -0.2) is 4.68 Å². The second kappa shape index (κ2) is 9.30. The molecular formula is C21H26N4O3. The maximum absolute atomic E-state index is 12.9. The van der Waals surface area contributed by atoms with Crippen molar-refractivity contribution in [2.24, 2.45) is 0 Å². The number of carbonyl (C=O) groups is 2. The van der Waals surface area contributed by atoms with Crippen LogP contribution in [0.25, 0.3) is 0 Å². The molecule has 2 amide bonds. The number of piperidine rings is 1. The molecule has 28 heavy (non-hydrogen) atoms. The summed E-state index contributed by atoms with van der Waals surface area (Å²) < 4.78 is 1.31. The van der Waals surface area contributed by atoms with E-state index in [9.17, 15) is 14.4 Å². The van der Waals surface area contributed by atoms with Crippen LogP contribution in [-0.4, -0.2) is 39.6 Å². The Balaban J connectivity index is 1.79. The van der Waals surface area contributed by atoms with E-state index in [2.05, 4.69) is 10.4 Å². The highest BCUT2D eigenvalue weighted by molar-refractivity contribution is 6.08. The Labute approximate surface area is 164 Å². The third-order valence-corrected chi connectivity index (χ3v) is 4.87. The van der Waals surface area contributed by atoms with E-state index in [4.69, 9.17) is 0 Å². The summed E-state index contributed by atoms with van der Waals surface area (Å²) >= 11 is 0. The topological polar surface area (TPSA) is 84.3 Å². The molecule has 1 aromatic carbocycles. The molecule has 1 aliphatic rings. The molecule has 1 saturated heterocycles. The molecule has 2 aromatic rings. The molecule has 1 fully saturated rings. The highest BCUT2D eigenvalue weighted by Crippen LogP contribution is 2.20. The van der Waals surface area contributed by atoms with Crippen LogP contribution >= 0.6 is 0 Å². The number of para-hydroxylation sites is 1. The van der Waals surface area contributed by atoms with E-state index in [1.54, 1.807) is 24.3 Å². The first-order valence-electron chi connectivity index (χ1n) is 9.88. The van der Waals surface area contributed by atoms with Crippen LogP contribution in [0.4, 0.5) is 5.69 Å². The molecule has 148 valence electrons. The van der Waals surface area contributed by atoms with Crippen molar-refractivity contribution in [1.29, 1.82) is 0 Å². The maximum atomic E-state index is 12.9. The van der Waals surface area contributed by atoms with Crippen molar-refractivity contribution in [2.75, 3.05) is 18.4 Å². The van der Waals surface area contributed by atoms with Crippen LogP contribution in [0, 0.1) is 0 Å². The zero-order valence-electron chi connectivity index (χ0n) is 16.2. The Bertz CT molecular complexity index is 901. The van der Waals surface area contributed by atoms with Crippen LogP contribution in [-0.2, 0) is 6.54 Å². The Morgan fingerprint density at radius 1 is 1.07 bits per heavy atom. The van der Waals surface area contributed by atoms with Gasteiger partial charge < -0.3 is 10.2 Å². The smallest absolute Gasteiger partial charge is 0.276 e. The van der Waals surface area contributed by atoms with Crippen molar-refractivity contribution < 1.29 is 9.59 Å². The molecule has 1 aromatic heterocycles. The SMILES string of the molecule is CCCCn1nc(C(=O)Nc2ccccc2C(=O)N2CCCCC2)ccc1=O. The zero-order valence-corrected chi connectivity index (χ0v) is 16.2. The van der Waals surface area contributed by atoms with Gasteiger partial charge >= 0.3 is 0 Å². The van der Waals surface area contributed by atoms with Gasteiger partial charge in [-0.3, -0.25) is 14.4 Å². The number of likely N-dealkylation sites (tertiary alicyclic amines) is 1. The molecule has 7 heteroatoms. The lowest BCUT2D eigenvalue weighted by molar-refractivity contribution is 0.0725. The number of anilines is 1. The van der Waals surface area contributed by atoms with Crippen molar-refractivity contribution >= 4 is 17.5 Å². The third-order valence-electron chi connectivity index (χ3n) is 4.87. The molecule has 0 aliphatic carbocycles. The molecule has 0 atom stereocenters. The van der Waals surface area contributed by atoms with Gasteiger partial charge in [0.2, 0.25) is 0 Å². The fourth-order valence-electron chi connectivity index (χ4n) is 3.27. The van der Waals surface area contributed by atoms with Crippen molar-refractivity contribution in [3.05, 3.63) is 58.0 Å². The predicted octanol–water partition coefficient (Wildman–Crippen LogP) is 2.92. The summed E-state index contributed by atoms with van der Waals surface area (Å²) in [5, 5.41) is 6.95. The van der Waals surface area contributed by atoms with Gasteiger partial charge in [0.05, 0.1) is 11.3 Å². The fourth-order valence-corrected chi connectivity index (χ4v) is 3.27. The lowest BCUT2D eigenvalue weighted by Gasteiger charge is -2.27. The molecule has 2 heterocycles. The number of hydrogen-bond donors (Lipinski definition) is 1.